The van der Waals surface area contributed by atoms with Gasteiger partial charge in [0.2, 0.25) is 5.91 Å². The summed E-state index contributed by atoms with van der Waals surface area (Å²) in [5.74, 6) is -1.38. The second kappa shape index (κ2) is 11.0. The van der Waals surface area contributed by atoms with E-state index >= 15 is 0 Å². The summed E-state index contributed by atoms with van der Waals surface area (Å²) in [4.78, 5) is 36.7. The van der Waals surface area contributed by atoms with Crippen LogP contribution >= 0.6 is 0 Å². The molecule has 2 rings (SSSR count). The molecule has 2 amide bonds. The van der Waals surface area contributed by atoms with Crippen molar-refractivity contribution in [3.63, 3.8) is 0 Å². The first-order valence-corrected chi connectivity index (χ1v) is 9.97. The standard InChI is InChI=1S/C20H22N2O5S/c1-27-20(25)17(12-13-28(26)16-10-6-3-7-11-16)22-18(23)14-21-19(24)15-8-4-2-5-9-15/h2-11,17H,12-14H2,1H3,(H,21,24)(H,22,23)/t17-,28-/m1/s1. The number of hydrogen-bond acceptors (Lipinski definition) is 5. The summed E-state index contributed by atoms with van der Waals surface area (Å²) >= 11 is 0. The van der Waals surface area contributed by atoms with Gasteiger partial charge in [-0.15, -0.1) is 0 Å². The van der Waals surface area contributed by atoms with Gasteiger partial charge in [-0.05, 0) is 30.7 Å². The fraction of sp³-hybridized carbons (Fsp3) is 0.250. The number of hydrogen-bond donors (Lipinski definition) is 2. The molecule has 0 fully saturated rings. The summed E-state index contributed by atoms with van der Waals surface area (Å²) in [5.41, 5.74) is 0.429. The maximum Gasteiger partial charge on any atom is 0.328 e. The first kappa shape index (κ1) is 21.3. The van der Waals surface area contributed by atoms with Gasteiger partial charge in [0.25, 0.3) is 5.91 Å². The molecular formula is C20H22N2O5S. The Balaban J connectivity index is 1.87. The Labute approximate surface area is 165 Å². The highest BCUT2D eigenvalue weighted by molar-refractivity contribution is 7.85. The molecule has 0 radical (unpaired) electrons. The van der Waals surface area contributed by atoms with Crippen LogP contribution in [0.5, 0.6) is 0 Å². The number of nitrogens with one attached hydrogen (secondary N) is 2. The van der Waals surface area contributed by atoms with Crippen molar-refractivity contribution in [3.8, 4) is 0 Å². The number of esters is 1. The van der Waals surface area contributed by atoms with Crippen LogP contribution in [0.1, 0.15) is 16.8 Å². The van der Waals surface area contributed by atoms with Gasteiger partial charge in [-0.1, -0.05) is 36.4 Å². The van der Waals surface area contributed by atoms with E-state index in [0.29, 0.717) is 10.5 Å². The molecule has 0 aliphatic rings. The molecule has 0 unspecified atom stereocenters. The zero-order valence-electron chi connectivity index (χ0n) is 15.4. The molecule has 7 nitrogen and oxygen atoms in total. The Morgan fingerprint density at radius 1 is 1.00 bits per heavy atom. The van der Waals surface area contributed by atoms with Gasteiger partial charge >= 0.3 is 5.97 Å². The molecule has 0 aliphatic carbocycles. The molecule has 0 aliphatic heterocycles. The summed E-state index contributed by atoms with van der Waals surface area (Å²) in [6, 6.07) is 16.4. The summed E-state index contributed by atoms with van der Waals surface area (Å²) in [6.07, 6.45) is 0.145. The lowest BCUT2D eigenvalue weighted by molar-refractivity contribution is -0.145. The second-order valence-electron chi connectivity index (χ2n) is 5.84. The van der Waals surface area contributed by atoms with Gasteiger partial charge in [-0.3, -0.25) is 13.8 Å². The maximum atomic E-state index is 12.3. The third-order valence-electron chi connectivity index (χ3n) is 3.86. The van der Waals surface area contributed by atoms with Crippen LogP contribution in [0, 0.1) is 0 Å². The van der Waals surface area contributed by atoms with Gasteiger partial charge in [-0.2, -0.15) is 0 Å². The fourth-order valence-corrected chi connectivity index (χ4v) is 3.55. The van der Waals surface area contributed by atoms with Crippen LogP contribution < -0.4 is 10.6 Å². The van der Waals surface area contributed by atoms with E-state index in [1.54, 1.807) is 54.6 Å². The molecule has 148 valence electrons. The molecule has 0 saturated carbocycles. The summed E-state index contributed by atoms with van der Waals surface area (Å²) in [7, 11) is -0.0870. The molecule has 2 atom stereocenters. The van der Waals surface area contributed by atoms with Crippen LogP contribution in [0.3, 0.4) is 0 Å². The molecule has 8 heteroatoms. The van der Waals surface area contributed by atoms with Crippen molar-refractivity contribution >= 4 is 28.6 Å². The third kappa shape index (κ3) is 6.62. The van der Waals surface area contributed by atoms with Crippen molar-refractivity contribution in [1.29, 1.82) is 0 Å². The predicted molar refractivity (Wildman–Crippen MR) is 105 cm³/mol. The third-order valence-corrected chi connectivity index (χ3v) is 5.27. The van der Waals surface area contributed by atoms with Crippen LogP contribution in [-0.2, 0) is 25.1 Å². The van der Waals surface area contributed by atoms with Crippen molar-refractivity contribution in [3.05, 3.63) is 66.2 Å². The fourth-order valence-electron chi connectivity index (χ4n) is 2.40. The number of ether oxygens (including phenoxy) is 1. The van der Waals surface area contributed by atoms with E-state index in [1.165, 1.54) is 7.11 Å². The van der Waals surface area contributed by atoms with Crippen molar-refractivity contribution in [1.82, 2.24) is 10.6 Å². The Morgan fingerprint density at radius 2 is 1.61 bits per heavy atom. The van der Waals surface area contributed by atoms with Crippen molar-refractivity contribution in [2.45, 2.75) is 17.4 Å². The first-order chi connectivity index (χ1) is 13.5. The lowest BCUT2D eigenvalue weighted by Gasteiger charge is -2.16. The number of rotatable bonds is 9. The van der Waals surface area contributed by atoms with Crippen molar-refractivity contribution in [2.24, 2.45) is 0 Å². The summed E-state index contributed by atoms with van der Waals surface area (Å²) in [5, 5.41) is 5.01. The van der Waals surface area contributed by atoms with Crippen LogP contribution in [0.2, 0.25) is 0 Å². The highest BCUT2D eigenvalue weighted by Gasteiger charge is 2.22. The normalized spacial score (nSPS) is 12.5. The van der Waals surface area contributed by atoms with E-state index in [1.807, 2.05) is 6.07 Å². The highest BCUT2D eigenvalue weighted by Crippen LogP contribution is 2.08. The van der Waals surface area contributed by atoms with Gasteiger partial charge in [0.15, 0.2) is 0 Å². The Morgan fingerprint density at radius 3 is 2.21 bits per heavy atom. The molecule has 0 heterocycles. The van der Waals surface area contributed by atoms with Gasteiger partial charge in [-0.25, -0.2) is 4.79 Å². The Bertz CT molecular complexity index is 827. The number of amides is 2. The minimum Gasteiger partial charge on any atom is -0.467 e. The SMILES string of the molecule is COC(=O)[C@@H](CC[S@@](=O)c1ccccc1)NC(=O)CNC(=O)c1ccccc1. The van der Waals surface area contributed by atoms with Gasteiger partial charge in [0.05, 0.1) is 24.5 Å². The van der Waals surface area contributed by atoms with Crippen LogP contribution in [0.4, 0.5) is 0 Å². The predicted octanol–water partition coefficient (Wildman–Crippen LogP) is 1.27. The lowest BCUT2D eigenvalue weighted by Crippen LogP contribution is -2.46. The second-order valence-corrected chi connectivity index (χ2v) is 7.41. The van der Waals surface area contributed by atoms with Gasteiger partial charge < -0.3 is 15.4 Å². The summed E-state index contributed by atoms with van der Waals surface area (Å²) < 4.78 is 17.0. The topological polar surface area (TPSA) is 102 Å². The highest BCUT2D eigenvalue weighted by atomic mass is 32.2. The first-order valence-electron chi connectivity index (χ1n) is 8.65. The molecule has 0 spiro atoms. The molecule has 0 aromatic heterocycles. The number of benzene rings is 2. The van der Waals surface area contributed by atoms with Crippen molar-refractivity contribution in [2.75, 3.05) is 19.4 Å². The average Bonchev–Trinajstić information content (AvgIpc) is 2.75. The monoisotopic (exact) mass is 402 g/mol. The van der Waals surface area contributed by atoms with E-state index in [0.717, 1.165) is 0 Å². The number of carbonyl (C=O) groups is 3. The van der Waals surface area contributed by atoms with E-state index in [-0.39, 0.29) is 18.7 Å². The largest absolute Gasteiger partial charge is 0.467 e. The summed E-state index contributed by atoms with van der Waals surface area (Å²) in [6.45, 7) is -0.289. The smallest absolute Gasteiger partial charge is 0.328 e. The minimum absolute atomic E-state index is 0.145. The zero-order valence-corrected chi connectivity index (χ0v) is 16.2. The quantitative estimate of drug-likeness (QED) is 0.615. The molecule has 0 saturated heterocycles. The molecular weight excluding hydrogens is 380 g/mol. The lowest BCUT2D eigenvalue weighted by atomic mass is 10.2. The number of carbonyl (C=O) groups excluding carboxylic acids is 3. The average molecular weight is 402 g/mol. The molecule has 2 aromatic carbocycles. The molecule has 28 heavy (non-hydrogen) atoms. The molecule has 2 N–H and O–H groups in total. The minimum atomic E-state index is -1.30. The molecule has 0 bridgehead atoms. The zero-order chi connectivity index (χ0) is 20.4. The van der Waals surface area contributed by atoms with Crippen LogP contribution in [0.15, 0.2) is 65.6 Å². The van der Waals surface area contributed by atoms with Crippen molar-refractivity contribution < 1.29 is 23.3 Å². The van der Waals surface area contributed by atoms with Gasteiger partial charge in [0, 0.05) is 16.2 Å². The maximum absolute atomic E-state index is 12.3. The molecule has 2 aromatic rings. The van der Waals surface area contributed by atoms with E-state index in [4.69, 9.17) is 4.74 Å². The Hall–Kier alpha value is -3.00. The van der Waals surface area contributed by atoms with E-state index in [9.17, 15) is 18.6 Å². The van der Waals surface area contributed by atoms with Gasteiger partial charge in [0.1, 0.15) is 6.04 Å². The van der Waals surface area contributed by atoms with Crippen LogP contribution in [-0.4, -0.2) is 47.4 Å². The Kier molecular flexibility index (Phi) is 8.36. The number of methoxy groups -OCH3 is 1. The van der Waals surface area contributed by atoms with E-state index < -0.39 is 34.6 Å². The van der Waals surface area contributed by atoms with E-state index in [2.05, 4.69) is 10.6 Å². The van der Waals surface area contributed by atoms with Crippen LogP contribution in [0.25, 0.3) is 0 Å².